The molecule has 2 heterocycles. The first-order valence-corrected chi connectivity index (χ1v) is 9.59. The Balaban J connectivity index is 2.13. The van der Waals surface area contributed by atoms with Crippen molar-refractivity contribution in [2.45, 2.75) is 13.8 Å². The molecule has 158 valence electrons. The van der Waals surface area contributed by atoms with E-state index in [1.807, 2.05) is 38.1 Å². The molecule has 0 radical (unpaired) electrons. The Morgan fingerprint density at radius 1 is 1.26 bits per heavy atom. The van der Waals surface area contributed by atoms with Crippen molar-refractivity contribution in [3.8, 4) is 17.7 Å². The van der Waals surface area contributed by atoms with Crippen LogP contribution >= 0.6 is 0 Å². The van der Waals surface area contributed by atoms with E-state index in [2.05, 4.69) is 10.3 Å². The van der Waals surface area contributed by atoms with Gasteiger partial charge in [-0.05, 0) is 55.3 Å². The molecule has 0 spiro atoms. The van der Waals surface area contributed by atoms with Crippen molar-refractivity contribution in [2.24, 2.45) is 0 Å². The van der Waals surface area contributed by atoms with Crippen molar-refractivity contribution in [3.05, 3.63) is 75.2 Å². The minimum Gasteiger partial charge on any atom is -0.438 e. The first kappa shape index (κ1) is 21.7. The van der Waals surface area contributed by atoms with Gasteiger partial charge in [-0.15, -0.1) is 0 Å². The molecular formula is C23H22N4O4. The van der Waals surface area contributed by atoms with Gasteiger partial charge in [-0.25, -0.2) is 0 Å². The van der Waals surface area contributed by atoms with Crippen molar-refractivity contribution in [1.82, 2.24) is 14.7 Å². The molecular weight excluding hydrogens is 396 g/mol. The topological polar surface area (TPSA) is 106 Å². The summed E-state index contributed by atoms with van der Waals surface area (Å²) in [5.74, 6) is -0.101. The van der Waals surface area contributed by atoms with Crippen LogP contribution in [0, 0.1) is 25.2 Å². The van der Waals surface area contributed by atoms with E-state index in [0.29, 0.717) is 18.0 Å². The van der Waals surface area contributed by atoms with Crippen molar-refractivity contribution < 1.29 is 14.3 Å². The number of aryl methyl sites for hydroxylation is 2. The third-order valence-corrected chi connectivity index (χ3v) is 4.39. The first-order chi connectivity index (χ1) is 14.9. The summed E-state index contributed by atoms with van der Waals surface area (Å²) in [6, 6.07) is 12.6. The number of carbonyl (C=O) groups excluding carboxylic acids is 1. The van der Waals surface area contributed by atoms with Crippen LogP contribution in [-0.4, -0.2) is 35.6 Å². The number of benzene rings is 1. The van der Waals surface area contributed by atoms with Gasteiger partial charge in [0.15, 0.2) is 0 Å². The van der Waals surface area contributed by atoms with Crippen LogP contribution in [0.2, 0.25) is 0 Å². The minimum atomic E-state index is -0.616. The number of aromatic nitrogens is 2. The third kappa shape index (κ3) is 5.15. The van der Waals surface area contributed by atoms with Gasteiger partial charge in [-0.3, -0.25) is 14.0 Å². The highest BCUT2D eigenvalue weighted by Crippen LogP contribution is 2.25. The normalized spacial score (nSPS) is 11.2. The molecule has 0 aliphatic carbocycles. The van der Waals surface area contributed by atoms with E-state index in [0.717, 1.165) is 11.1 Å². The van der Waals surface area contributed by atoms with Crippen LogP contribution in [0.1, 0.15) is 16.7 Å². The van der Waals surface area contributed by atoms with E-state index in [1.54, 1.807) is 24.4 Å². The number of amides is 1. The van der Waals surface area contributed by atoms with E-state index in [4.69, 9.17) is 9.47 Å². The lowest BCUT2D eigenvalue weighted by Gasteiger charge is -2.11. The van der Waals surface area contributed by atoms with Crippen LogP contribution in [-0.2, 0) is 9.53 Å². The van der Waals surface area contributed by atoms with Crippen LogP contribution in [0.4, 0.5) is 0 Å². The molecule has 31 heavy (non-hydrogen) atoms. The molecule has 3 aromatic rings. The summed E-state index contributed by atoms with van der Waals surface area (Å²) >= 11 is 0. The number of methoxy groups -OCH3 is 1. The number of fused-ring (bicyclic) bond motifs is 1. The average molecular weight is 418 g/mol. The Morgan fingerprint density at radius 3 is 2.68 bits per heavy atom. The zero-order valence-corrected chi connectivity index (χ0v) is 17.5. The zero-order chi connectivity index (χ0) is 22.4. The molecule has 1 amide bonds. The van der Waals surface area contributed by atoms with Gasteiger partial charge in [0.2, 0.25) is 5.88 Å². The quantitative estimate of drug-likeness (QED) is 0.359. The molecule has 3 rings (SSSR count). The summed E-state index contributed by atoms with van der Waals surface area (Å²) in [6.07, 6.45) is 2.77. The average Bonchev–Trinajstić information content (AvgIpc) is 2.73. The molecule has 0 atom stereocenters. The van der Waals surface area contributed by atoms with Crippen molar-refractivity contribution in [2.75, 3.05) is 20.3 Å². The fraction of sp³-hybridized carbons (Fsp3) is 0.217. The predicted octanol–water partition coefficient (Wildman–Crippen LogP) is 2.77. The fourth-order valence-electron chi connectivity index (χ4n) is 3.04. The van der Waals surface area contributed by atoms with Crippen LogP contribution < -0.4 is 15.6 Å². The third-order valence-electron chi connectivity index (χ3n) is 4.39. The Bertz CT molecular complexity index is 1230. The van der Waals surface area contributed by atoms with Gasteiger partial charge < -0.3 is 14.8 Å². The monoisotopic (exact) mass is 418 g/mol. The zero-order valence-electron chi connectivity index (χ0n) is 17.5. The van der Waals surface area contributed by atoms with Crippen LogP contribution in [0.3, 0.4) is 0 Å². The lowest BCUT2D eigenvalue weighted by Crippen LogP contribution is -2.28. The molecule has 0 aliphatic heterocycles. The van der Waals surface area contributed by atoms with Gasteiger partial charge in [0, 0.05) is 19.9 Å². The maximum absolute atomic E-state index is 13.1. The highest BCUT2D eigenvalue weighted by atomic mass is 16.5. The second-order valence-electron chi connectivity index (χ2n) is 6.91. The number of nitrogens with one attached hydrogen (secondary N) is 1. The number of hydrogen-bond donors (Lipinski definition) is 1. The number of pyridine rings is 1. The molecule has 8 nitrogen and oxygen atoms in total. The van der Waals surface area contributed by atoms with Gasteiger partial charge in [0.1, 0.15) is 28.6 Å². The van der Waals surface area contributed by atoms with Gasteiger partial charge in [-0.1, -0.05) is 12.1 Å². The molecule has 2 aromatic heterocycles. The lowest BCUT2D eigenvalue weighted by atomic mass is 10.1. The molecule has 0 fully saturated rings. The minimum absolute atomic E-state index is 0.00120. The van der Waals surface area contributed by atoms with Crippen molar-refractivity contribution in [3.63, 3.8) is 0 Å². The highest BCUT2D eigenvalue weighted by Gasteiger charge is 2.17. The summed E-state index contributed by atoms with van der Waals surface area (Å²) in [6.45, 7) is 4.39. The van der Waals surface area contributed by atoms with E-state index in [1.165, 1.54) is 17.6 Å². The van der Waals surface area contributed by atoms with E-state index in [9.17, 15) is 14.9 Å². The first-order valence-electron chi connectivity index (χ1n) is 9.59. The van der Waals surface area contributed by atoms with E-state index >= 15 is 0 Å². The van der Waals surface area contributed by atoms with Crippen molar-refractivity contribution in [1.29, 1.82) is 5.26 Å². The van der Waals surface area contributed by atoms with Gasteiger partial charge >= 0.3 is 0 Å². The molecule has 0 aliphatic rings. The number of rotatable bonds is 7. The van der Waals surface area contributed by atoms with Gasteiger partial charge in [-0.2, -0.15) is 10.2 Å². The SMILES string of the molecule is COCCNC(=O)C(C#N)=Cc1c(Oc2cc(C)cc(C)c2)nc2ccccn2c1=O. The highest BCUT2D eigenvalue weighted by molar-refractivity contribution is 6.01. The smallest absolute Gasteiger partial charge is 0.269 e. The summed E-state index contributed by atoms with van der Waals surface area (Å²) < 4.78 is 12.2. The molecule has 0 saturated heterocycles. The standard InChI is InChI=1S/C23H22N4O4/c1-15-10-16(2)12-18(11-15)31-22-19(13-17(14-24)21(28)25-7-9-30-3)23(29)27-8-5-4-6-20(27)26-22/h4-6,8,10-13H,7,9H2,1-3H3,(H,25,28). The maximum atomic E-state index is 13.1. The Morgan fingerprint density at radius 2 is 2.00 bits per heavy atom. The molecule has 1 N–H and O–H groups in total. The number of hydrogen-bond acceptors (Lipinski definition) is 6. The van der Waals surface area contributed by atoms with Gasteiger partial charge in [0.05, 0.1) is 6.61 Å². The van der Waals surface area contributed by atoms with Crippen LogP contribution in [0.15, 0.2) is 53.0 Å². The number of nitrogens with zero attached hydrogens (tertiary/aromatic N) is 3. The number of carbonyl (C=O) groups is 1. The lowest BCUT2D eigenvalue weighted by molar-refractivity contribution is -0.117. The summed E-state index contributed by atoms with van der Waals surface area (Å²) in [4.78, 5) is 30.0. The van der Waals surface area contributed by atoms with Crippen LogP contribution in [0.5, 0.6) is 11.6 Å². The summed E-state index contributed by atoms with van der Waals surface area (Å²) in [7, 11) is 1.51. The van der Waals surface area contributed by atoms with E-state index in [-0.39, 0.29) is 23.6 Å². The second-order valence-corrected chi connectivity index (χ2v) is 6.91. The predicted molar refractivity (Wildman–Crippen MR) is 116 cm³/mol. The number of ether oxygens (including phenoxy) is 2. The Labute approximate surface area is 179 Å². The fourth-order valence-corrected chi connectivity index (χ4v) is 3.04. The van der Waals surface area contributed by atoms with E-state index < -0.39 is 11.5 Å². The second kappa shape index (κ2) is 9.69. The Kier molecular flexibility index (Phi) is 6.80. The summed E-state index contributed by atoms with van der Waals surface area (Å²) in [5.41, 5.74) is 1.66. The summed E-state index contributed by atoms with van der Waals surface area (Å²) in [5, 5.41) is 12.1. The van der Waals surface area contributed by atoms with Gasteiger partial charge in [0.25, 0.3) is 11.5 Å². The Hall–Kier alpha value is -3.96. The number of nitriles is 1. The molecule has 1 aromatic carbocycles. The van der Waals surface area contributed by atoms with Crippen LogP contribution in [0.25, 0.3) is 11.7 Å². The largest absolute Gasteiger partial charge is 0.438 e. The molecule has 8 heteroatoms. The molecule has 0 unspecified atom stereocenters. The molecule has 0 bridgehead atoms. The van der Waals surface area contributed by atoms with Crippen molar-refractivity contribution >= 4 is 17.6 Å². The maximum Gasteiger partial charge on any atom is 0.269 e. The molecule has 0 saturated carbocycles.